The molecule has 5 nitrogen and oxygen atoms in total. The number of carbonyl (C=O) groups is 1. The second kappa shape index (κ2) is 9.41. The highest BCUT2D eigenvalue weighted by Gasteiger charge is 2.24. The van der Waals surface area contributed by atoms with Gasteiger partial charge in [0.2, 0.25) is 5.89 Å². The van der Waals surface area contributed by atoms with Crippen molar-refractivity contribution in [2.75, 3.05) is 12.8 Å². The number of hydrogen-bond donors (Lipinski definition) is 1. The number of hydrogen-bond acceptors (Lipinski definition) is 6. The molecule has 1 saturated heterocycles. The van der Waals surface area contributed by atoms with E-state index in [1.54, 1.807) is 11.8 Å². The highest BCUT2D eigenvalue weighted by molar-refractivity contribution is 7.98. The van der Waals surface area contributed by atoms with E-state index in [1.807, 2.05) is 48.7 Å². The maximum Gasteiger partial charge on any atom is 0.323 e. The number of nitrogens with zero attached hydrogens (tertiary/aromatic N) is 1. The predicted molar refractivity (Wildman–Crippen MR) is 132 cm³/mol. The number of ether oxygens (including phenoxy) is 1. The fraction of sp³-hybridized carbons (Fsp3) is 0.259. The Bertz CT molecular complexity index is 1290. The Morgan fingerprint density at radius 3 is 2.73 bits per heavy atom. The molecule has 1 fully saturated rings. The van der Waals surface area contributed by atoms with Gasteiger partial charge in [-0.25, -0.2) is 4.98 Å². The number of aromatic nitrogens is 1. The Hall–Kier alpha value is -3.09. The van der Waals surface area contributed by atoms with Gasteiger partial charge in [-0.1, -0.05) is 42.5 Å². The Morgan fingerprint density at radius 1 is 1.15 bits per heavy atom. The van der Waals surface area contributed by atoms with Crippen molar-refractivity contribution < 1.29 is 13.9 Å². The summed E-state index contributed by atoms with van der Waals surface area (Å²) in [5.41, 5.74) is 6.85. The fourth-order valence-electron chi connectivity index (χ4n) is 4.35. The predicted octanol–water partition coefficient (Wildman–Crippen LogP) is 5.99. The third-order valence-electron chi connectivity index (χ3n) is 6.15. The van der Waals surface area contributed by atoms with Crippen molar-refractivity contribution in [1.29, 1.82) is 0 Å². The quantitative estimate of drug-likeness (QED) is 0.283. The van der Waals surface area contributed by atoms with E-state index in [-0.39, 0.29) is 18.6 Å². The summed E-state index contributed by atoms with van der Waals surface area (Å²) in [5.74, 6) is 0.408. The van der Waals surface area contributed by atoms with Crippen LogP contribution < -0.4 is 5.32 Å². The van der Waals surface area contributed by atoms with Gasteiger partial charge in [0.05, 0.1) is 0 Å². The molecular weight excluding hydrogens is 432 g/mol. The summed E-state index contributed by atoms with van der Waals surface area (Å²) in [6.07, 6.45) is 3.85. The Balaban J connectivity index is 1.46. The number of oxazole rings is 1. The van der Waals surface area contributed by atoms with Gasteiger partial charge in [0.1, 0.15) is 18.2 Å². The van der Waals surface area contributed by atoms with Gasteiger partial charge >= 0.3 is 5.97 Å². The van der Waals surface area contributed by atoms with Crippen molar-refractivity contribution in [2.24, 2.45) is 0 Å². The van der Waals surface area contributed by atoms with Gasteiger partial charge in [0.25, 0.3) is 0 Å². The number of nitrogens with one attached hydrogen (secondary N) is 1. The standard InChI is InChI=1S/C27H26N2O3S/c1-17-20(18-8-4-3-5-9-18)10-6-11-21(17)26-29-23-14-19(25(33-2)15-24(23)32-26)16-31-27(30)22-12-7-13-28-22/h3-6,8-11,14-15,22,28H,7,12-13,16H2,1-2H3/t22-/m1/s1. The minimum Gasteiger partial charge on any atom is -0.460 e. The number of thioether (sulfide) groups is 1. The van der Waals surface area contributed by atoms with Gasteiger partial charge in [0.15, 0.2) is 5.58 Å². The van der Waals surface area contributed by atoms with Gasteiger partial charge in [-0.3, -0.25) is 4.79 Å². The zero-order chi connectivity index (χ0) is 22.8. The third-order valence-corrected chi connectivity index (χ3v) is 6.97. The normalized spacial score (nSPS) is 15.8. The van der Waals surface area contributed by atoms with Crippen LogP contribution in [0.15, 0.2) is 70.0 Å². The fourth-order valence-corrected chi connectivity index (χ4v) is 4.95. The second-order valence-corrected chi connectivity index (χ2v) is 9.10. The van der Waals surface area contributed by atoms with E-state index in [0.29, 0.717) is 5.89 Å². The number of esters is 1. The lowest BCUT2D eigenvalue weighted by Gasteiger charge is -2.12. The molecule has 0 bridgehead atoms. The topological polar surface area (TPSA) is 64.4 Å². The Morgan fingerprint density at radius 2 is 1.97 bits per heavy atom. The summed E-state index contributed by atoms with van der Waals surface area (Å²) in [7, 11) is 0. The van der Waals surface area contributed by atoms with Gasteiger partial charge < -0.3 is 14.5 Å². The molecule has 1 aliphatic heterocycles. The molecular formula is C27H26N2O3S. The van der Waals surface area contributed by atoms with Crippen LogP contribution in [0.25, 0.3) is 33.7 Å². The largest absolute Gasteiger partial charge is 0.460 e. The highest BCUT2D eigenvalue weighted by atomic mass is 32.2. The molecule has 0 aliphatic carbocycles. The molecule has 5 rings (SSSR count). The first kappa shape index (κ1) is 21.7. The molecule has 0 spiro atoms. The Labute approximate surface area is 197 Å². The minimum absolute atomic E-state index is 0.186. The average Bonchev–Trinajstić information content (AvgIpc) is 3.52. The molecule has 1 aliphatic rings. The lowest BCUT2D eigenvalue weighted by molar-refractivity contribution is -0.147. The number of benzene rings is 3. The molecule has 3 aromatic carbocycles. The van der Waals surface area contributed by atoms with Crippen LogP contribution >= 0.6 is 11.8 Å². The zero-order valence-electron chi connectivity index (χ0n) is 18.8. The monoisotopic (exact) mass is 458 g/mol. The Kier molecular flexibility index (Phi) is 6.20. The first-order valence-corrected chi connectivity index (χ1v) is 12.4. The van der Waals surface area contributed by atoms with Gasteiger partial charge in [-0.15, -0.1) is 11.8 Å². The van der Waals surface area contributed by atoms with Crippen LogP contribution in [0.4, 0.5) is 0 Å². The van der Waals surface area contributed by atoms with Crippen LogP contribution in [0, 0.1) is 6.92 Å². The van der Waals surface area contributed by atoms with Crippen molar-refractivity contribution in [3.63, 3.8) is 0 Å². The van der Waals surface area contributed by atoms with Crippen LogP contribution in [-0.4, -0.2) is 29.8 Å². The van der Waals surface area contributed by atoms with Crippen molar-refractivity contribution in [2.45, 2.75) is 37.3 Å². The average molecular weight is 459 g/mol. The zero-order valence-corrected chi connectivity index (χ0v) is 19.6. The molecule has 1 atom stereocenters. The van der Waals surface area contributed by atoms with Gasteiger partial charge in [0, 0.05) is 16.0 Å². The number of fused-ring (bicyclic) bond motifs is 1. The maximum atomic E-state index is 12.3. The molecule has 0 unspecified atom stereocenters. The third kappa shape index (κ3) is 4.41. The lowest BCUT2D eigenvalue weighted by atomic mass is 9.96. The molecule has 2 heterocycles. The second-order valence-electron chi connectivity index (χ2n) is 8.25. The summed E-state index contributed by atoms with van der Waals surface area (Å²) < 4.78 is 11.8. The van der Waals surface area contributed by atoms with Gasteiger partial charge in [-0.05, 0) is 67.5 Å². The van der Waals surface area contributed by atoms with E-state index in [9.17, 15) is 4.79 Å². The van der Waals surface area contributed by atoms with E-state index < -0.39 is 0 Å². The summed E-state index contributed by atoms with van der Waals surface area (Å²) in [5, 5.41) is 3.19. The summed E-state index contributed by atoms with van der Waals surface area (Å²) in [4.78, 5) is 18.1. The molecule has 1 aromatic heterocycles. The van der Waals surface area contributed by atoms with E-state index in [1.165, 1.54) is 5.56 Å². The van der Waals surface area contributed by atoms with Crippen LogP contribution in [0.3, 0.4) is 0 Å². The van der Waals surface area contributed by atoms with E-state index in [4.69, 9.17) is 14.1 Å². The van der Waals surface area contributed by atoms with Crippen LogP contribution in [-0.2, 0) is 16.1 Å². The number of rotatable bonds is 6. The molecule has 0 amide bonds. The summed E-state index contributed by atoms with van der Waals surface area (Å²) in [6.45, 7) is 3.20. The van der Waals surface area contributed by atoms with Gasteiger partial charge in [-0.2, -0.15) is 0 Å². The molecule has 4 aromatic rings. The lowest BCUT2D eigenvalue weighted by Crippen LogP contribution is -2.32. The van der Waals surface area contributed by atoms with Crippen LogP contribution in [0.5, 0.6) is 0 Å². The van der Waals surface area contributed by atoms with Crippen molar-refractivity contribution >= 4 is 28.8 Å². The summed E-state index contributed by atoms with van der Waals surface area (Å²) in [6, 6.07) is 20.3. The first-order valence-electron chi connectivity index (χ1n) is 11.2. The maximum absolute atomic E-state index is 12.3. The molecule has 6 heteroatoms. The van der Waals surface area contributed by atoms with Crippen LogP contribution in [0.2, 0.25) is 0 Å². The van der Waals surface area contributed by atoms with Crippen LogP contribution in [0.1, 0.15) is 24.0 Å². The molecule has 168 valence electrons. The number of carbonyl (C=O) groups excluding carboxylic acids is 1. The van der Waals surface area contributed by atoms with Crippen molar-refractivity contribution in [3.8, 4) is 22.6 Å². The van der Waals surface area contributed by atoms with E-state index in [0.717, 1.165) is 57.6 Å². The molecule has 33 heavy (non-hydrogen) atoms. The SMILES string of the molecule is CSc1cc2oc(-c3cccc(-c4ccccc4)c3C)nc2cc1COC(=O)[C@H]1CCCN1. The molecule has 0 saturated carbocycles. The molecule has 0 radical (unpaired) electrons. The highest BCUT2D eigenvalue weighted by Crippen LogP contribution is 2.35. The van der Waals surface area contributed by atoms with Crippen molar-refractivity contribution in [1.82, 2.24) is 10.3 Å². The summed E-state index contributed by atoms with van der Waals surface area (Å²) >= 11 is 1.61. The first-order chi connectivity index (χ1) is 16.1. The molecule has 1 N–H and O–H groups in total. The van der Waals surface area contributed by atoms with E-state index in [2.05, 4.69) is 30.4 Å². The minimum atomic E-state index is -0.190. The van der Waals surface area contributed by atoms with E-state index >= 15 is 0 Å². The van der Waals surface area contributed by atoms with Crippen molar-refractivity contribution in [3.05, 3.63) is 71.8 Å². The smallest absolute Gasteiger partial charge is 0.323 e.